The molecule has 0 amide bonds. The van der Waals surface area contributed by atoms with Crippen LogP contribution in [-0.4, -0.2) is 40.1 Å². The number of ether oxygens (including phenoxy) is 1. The quantitative estimate of drug-likeness (QED) is 0.616. The molecule has 1 heterocycles. The summed E-state index contributed by atoms with van der Waals surface area (Å²) >= 11 is 0. The Labute approximate surface area is 162 Å². The number of aromatic nitrogens is 2. The van der Waals surface area contributed by atoms with E-state index in [1.165, 1.54) is 18.2 Å². The zero-order chi connectivity index (χ0) is 20.9. The fourth-order valence-corrected chi connectivity index (χ4v) is 2.47. The minimum absolute atomic E-state index is 0.0919. The Balaban J connectivity index is 2.42. The second-order valence-corrected chi connectivity index (χ2v) is 7.01. The highest BCUT2D eigenvalue weighted by Gasteiger charge is 2.31. The Morgan fingerprint density at radius 2 is 1.79 bits per heavy atom. The largest absolute Gasteiger partial charge is 0.573 e. The van der Waals surface area contributed by atoms with Gasteiger partial charge in [-0.25, -0.2) is 4.98 Å². The van der Waals surface area contributed by atoms with E-state index in [4.69, 9.17) is 0 Å². The standard InChI is InChI=1S/C19H25F3N4O2/c1-11(2)16(10-27)25-18-24-15(9-17(26-18)23-12(3)4)13-6-5-7-14(8-13)28-19(20,21)22/h5-9,11-12,16,27H,10H2,1-4H3,(H2,23,24,25,26)/t16-/m1/s1. The molecule has 9 heteroatoms. The summed E-state index contributed by atoms with van der Waals surface area (Å²) in [5, 5.41) is 15.8. The highest BCUT2D eigenvalue weighted by atomic mass is 19.4. The van der Waals surface area contributed by atoms with Crippen LogP contribution in [0, 0.1) is 5.92 Å². The lowest BCUT2D eigenvalue weighted by atomic mass is 10.1. The second-order valence-electron chi connectivity index (χ2n) is 7.01. The predicted molar refractivity (Wildman–Crippen MR) is 102 cm³/mol. The summed E-state index contributed by atoms with van der Waals surface area (Å²) in [5.41, 5.74) is 0.873. The highest BCUT2D eigenvalue weighted by molar-refractivity contribution is 5.66. The number of aliphatic hydroxyl groups excluding tert-OH is 1. The SMILES string of the molecule is CC(C)Nc1cc(-c2cccc(OC(F)(F)F)c2)nc(N[C@H](CO)C(C)C)n1. The molecule has 154 valence electrons. The summed E-state index contributed by atoms with van der Waals surface area (Å²) in [5.74, 6) is 0.592. The van der Waals surface area contributed by atoms with Gasteiger partial charge in [0.25, 0.3) is 0 Å². The molecule has 0 spiro atoms. The highest BCUT2D eigenvalue weighted by Crippen LogP contribution is 2.29. The van der Waals surface area contributed by atoms with Crippen molar-refractivity contribution in [1.29, 1.82) is 0 Å². The maximum Gasteiger partial charge on any atom is 0.573 e. The van der Waals surface area contributed by atoms with Crippen LogP contribution in [0.4, 0.5) is 24.9 Å². The zero-order valence-corrected chi connectivity index (χ0v) is 16.2. The van der Waals surface area contributed by atoms with Gasteiger partial charge in [0.1, 0.15) is 11.6 Å². The van der Waals surface area contributed by atoms with Gasteiger partial charge in [0.2, 0.25) is 5.95 Å². The van der Waals surface area contributed by atoms with Gasteiger partial charge in [-0.3, -0.25) is 0 Å². The van der Waals surface area contributed by atoms with E-state index in [0.29, 0.717) is 17.1 Å². The topological polar surface area (TPSA) is 79.3 Å². The maximum atomic E-state index is 12.5. The molecular formula is C19H25F3N4O2. The van der Waals surface area contributed by atoms with Gasteiger partial charge < -0.3 is 20.5 Å². The summed E-state index contributed by atoms with van der Waals surface area (Å²) in [6.45, 7) is 7.67. The third-order valence-electron chi connectivity index (χ3n) is 3.84. The van der Waals surface area contributed by atoms with E-state index in [2.05, 4.69) is 25.3 Å². The first-order chi connectivity index (χ1) is 13.1. The number of nitrogens with zero attached hydrogens (tertiary/aromatic N) is 2. The van der Waals surface area contributed by atoms with Crippen LogP contribution < -0.4 is 15.4 Å². The number of nitrogens with one attached hydrogen (secondary N) is 2. The molecule has 0 saturated heterocycles. The summed E-state index contributed by atoms with van der Waals surface area (Å²) in [7, 11) is 0. The molecule has 0 radical (unpaired) electrons. The molecule has 0 aliphatic carbocycles. The molecule has 1 aromatic heterocycles. The van der Waals surface area contributed by atoms with E-state index < -0.39 is 6.36 Å². The van der Waals surface area contributed by atoms with Gasteiger partial charge in [-0.15, -0.1) is 13.2 Å². The number of halogens is 3. The van der Waals surface area contributed by atoms with Crippen LogP contribution in [0.5, 0.6) is 5.75 Å². The molecule has 0 aliphatic rings. The molecule has 0 bridgehead atoms. The second kappa shape index (κ2) is 9.09. The Kier molecular flexibility index (Phi) is 7.06. The zero-order valence-electron chi connectivity index (χ0n) is 16.2. The molecule has 0 aliphatic heterocycles. The molecule has 6 nitrogen and oxygen atoms in total. The first-order valence-corrected chi connectivity index (χ1v) is 8.96. The summed E-state index contributed by atoms with van der Waals surface area (Å²) in [4.78, 5) is 8.80. The van der Waals surface area contributed by atoms with Crippen LogP contribution >= 0.6 is 0 Å². The Bertz CT molecular complexity index is 782. The van der Waals surface area contributed by atoms with E-state index in [1.54, 1.807) is 12.1 Å². The minimum atomic E-state index is -4.77. The van der Waals surface area contributed by atoms with Gasteiger partial charge in [0, 0.05) is 17.7 Å². The number of alkyl halides is 3. The molecule has 2 rings (SSSR count). The van der Waals surface area contributed by atoms with Crippen LogP contribution in [0.2, 0.25) is 0 Å². The Morgan fingerprint density at radius 3 is 2.36 bits per heavy atom. The summed E-state index contributed by atoms with van der Waals surface area (Å²) in [6.07, 6.45) is -4.77. The molecule has 28 heavy (non-hydrogen) atoms. The van der Waals surface area contributed by atoms with Gasteiger partial charge in [0.15, 0.2) is 0 Å². The first kappa shape index (κ1) is 21.7. The van der Waals surface area contributed by atoms with Gasteiger partial charge in [-0.05, 0) is 31.9 Å². The van der Waals surface area contributed by atoms with Crippen LogP contribution in [0.3, 0.4) is 0 Å². The minimum Gasteiger partial charge on any atom is -0.406 e. The van der Waals surface area contributed by atoms with Crippen molar-refractivity contribution in [2.24, 2.45) is 5.92 Å². The van der Waals surface area contributed by atoms with Crippen molar-refractivity contribution in [2.75, 3.05) is 17.2 Å². The third kappa shape index (κ3) is 6.56. The lowest BCUT2D eigenvalue weighted by molar-refractivity contribution is -0.274. The van der Waals surface area contributed by atoms with Gasteiger partial charge in [-0.1, -0.05) is 26.0 Å². The van der Waals surface area contributed by atoms with Gasteiger partial charge >= 0.3 is 6.36 Å². The number of benzene rings is 1. The van der Waals surface area contributed by atoms with Crippen molar-refractivity contribution in [3.63, 3.8) is 0 Å². The van der Waals surface area contributed by atoms with Crippen LogP contribution in [0.25, 0.3) is 11.3 Å². The summed E-state index contributed by atoms with van der Waals surface area (Å²) < 4.78 is 41.5. The van der Waals surface area contributed by atoms with Gasteiger partial charge in [-0.2, -0.15) is 4.98 Å². The van der Waals surface area contributed by atoms with Crippen molar-refractivity contribution in [1.82, 2.24) is 9.97 Å². The summed E-state index contributed by atoms with van der Waals surface area (Å²) in [6, 6.07) is 7.08. The van der Waals surface area contributed by atoms with Crippen LogP contribution in [0.15, 0.2) is 30.3 Å². The van der Waals surface area contributed by atoms with Crippen molar-refractivity contribution < 1.29 is 23.0 Å². The molecule has 1 aromatic carbocycles. The normalized spacial score (nSPS) is 12.9. The van der Waals surface area contributed by atoms with E-state index in [-0.39, 0.29) is 36.3 Å². The lowest BCUT2D eigenvalue weighted by Crippen LogP contribution is -2.30. The average Bonchev–Trinajstić information content (AvgIpc) is 2.57. The molecular weight excluding hydrogens is 373 g/mol. The van der Waals surface area contributed by atoms with Crippen molar-refractivity contribution in [3.05, 3.63) is 30.3 Å². The molecule has 0 saturated carbocycles. The number of hydrogen-bond acceptors (Lipinski definition) is 6. The monoisotopic (exact) mass is 398 g/mol. The maximum absolute atomic E-state index is 12.5. The number of aliphatic hydroxyl groups is 1. The molecule has 2 aromatic rings. The number of rotatable bonds is 8. The Hall–Kier alpha value is -2.55. The molecule has 3 N–H and O–H groups in total. The van der Waals surface area contributed by atoms with Crippen molar-refractivity contribution in [2.45, 2.75) is 46.1 Å². The predicted octanol–water partition coefficient (Wildman–Crippen LogP) is 4.29. The van der Waals surface area contributed by atoms with E-state index in [0.717, 1.165) is 0 Å². The van der Waals surface area contributed by atoms with Crippen LogP contribution in [0.1, 0.15) is 27.7 Å². The number of anilines is 2. The smallest absolute Gasteiger partial charge is 0.406 e. The average molecular weight is 398 g/mol. The van der Waals surface area contributed by atoms with E-state index in [1.807, 2.05) is 27.7 Å². The van der Waals surface area contributed by atoms with E-state index >= 15 is 0 Å². The lowest BCUT2D eigenvalue weighted by Gasteiger charge is -2.21. The van der Waals surface area contributed by atoms with Crippen LogP contribution in [-0.2, 0) is 0 Å². The Morgan fingerprint density at radius 1 is 1.07 bits per heavy atom. The third-order valence-corrected chi connectivity index (χ3v) is 3.84. The molecule has 0 fully saturated rings. The molecule has 1 atom stereocenters. The first-order valence-electron chi connectivity index (χ1n) is 8.96. The van der Waals surface area contributed by atoms with Gasteiger partial charge in [0.05, 0.1) is 18.3 Å². The van der Waals surface area contributed by atoms with E-state index in [9.17, 15) is 18.3 Å². The van der Waals surface area contributed by atoms with Crippen molar-refractivity contribution in [3.8, 4) is 17.0 Å². The van der Waals surface area contributed by atoms with Crippen molar-refractivity contribution >= 4 is 11.8 Å². The fourth-order valence-electron chi connectivity index (χ4n) is 2.47. The number of hydrogen-bond donors (Lipinski definition) is 3. The fraction of sp³-hybridized carbons (Fsp3) is 0.474. The molecule has 0 unspecified atom stereocenters.